The molecule has 8 heteroatoms. The molecule has 0 spiro atoms. The third-order valence-electron chi connectivity index (χ3n) is 6.94. The molecule has 1 unspecified atom stereocenters. The first-order valence-corrected chi connectivity index (χ1v) is 12.7. The van der Waals surface area contributed by atoms with E-state index in [9.17, 15) is 14.7 Å². The van der Waals surface area contributed by atoms with E-state index in [0.29, 0.717) is 42.5 Å². The SMILES string of the molecule is CCCOc1cccc(C2/C(=C(\O)c3ccc4c(c3)OCO4)C(=O)C(=O)N2CCN2CCCCC2)c1. The van der Waals surface area contributed by atoms with Gasteiger partial charge in [-0.15, -0.1) is 0 Å². The van der Waals surface area contributed by atoms with Gasteiger partial charge in [-0.3, -0.25) is 9.59 Å². The van der Waals surface area contributed by atoms with Crippen molar-refractivity contribution in [2.24, 2.45) is 0 Å². The molecule has 0 saturated carbocycles. The molecule has 2 fully saturated rings. The number of aliphatic hydroxyl groups is 1. The zero-order valence-electron chi connectivity index (χ0n) is 20.6. The van der Waals surface area contributed by atoms with Crippen LogP contribution in [0.5, 0.6) is 17.2 Å². The van der Waals surface area contributed by atoms with Crippen molar-refractivity contribution in [1.82, 2.24) is 9.80 Å². The number of benzene rings is 2. The Balaban J connectivity index is 1.53. The van der Waals surface area contributed by atoms with Gasteiger partial charge in [0.1, 0.15) is 11.5 Å². The topological polar surface area (TPSA) is 88.5 Å². The minimum Gasteiger partial charge on any atom is -0.507 e. The molecular weight excluding hydrogens is 460 g/mol. The Morgan fingerprint density at radius 1 is 1.03 bits per heavy atom. The van der Waals surface area contributed by atoms with Gasteiger partial charge >= 0.3 is 0 Å². The summed E-state index contributed by atoms with van der Waals surface area (Å²) < 4.78 is 16.6. The van der Waals surface area contributed by atoms with Gasteiger partial charge in [-0.05, 0) is 68.2 Å². The molecule has 2 aromatic rings. The molecule has 0 radical (unpaired) electrons. The van der Waals surface area contributed by atoms with E-state index in [4.69, 9.17) is 14.2 Å². The van der Waals surface area contributed by atoms with Crippen molar-refractivity contribution in [3.8, 4) is 17.2 Å². The first-order valence-electron chi connectivity index (χ1n) is 12.7. The average Bonchev–Trinajstić information content (AvgIpc) is 3.48. The van der Waals surface area contributed by atoms with Gasteiger partial charge in [0, 0.05) is 18.7 Å². The summed E-state index contributed by atoms with van der Waals surface area (Å²) in [6.45, 7) is 5.76. The van der Waals surface area contributed by atoms with Crippen molar-refractivity contribution in [3.05, 3.63) is 59.2 Å². The fourth-order valence-corrected chi connectivity index (χ4v) is 5.08. The predicted octanol–water partition coefficient (Wildman–Crippen LogP) is 4.11. The van der Waals surface area contributed by atoms with E-state index in [2.05, 4.69) is 4.90 Å². The van der Waals surface area contributed by atoms with Crippen LogP contribution >= 0.6 is 0 Å². The quantitative estimate of drug-likeness (QED) is 0.337. The zero-order valence-corrected chi connectivity index (χ0v) is 20.6. The molecule has 0 bridgehead atoms. The van der Waals surface area contributed by atoms with Crippen LogP contribution in [0.2, 0.25) is 0 Å². The first-order chi connectivity index (χ1) is 17.6. The smallest absolute Gasteiger partial charge is 0.295 e. The van der Waals surface area contributed by atoms with Gasteiger partial charge in [0.05, 0.1) is 18.2 Å². The number of carbonyl (C=O) groups is 2. The van der Waals surface area contributed by atoms with Gasteiger partial charge in [-0.2, -0.15) is 0 Å². The monoisotopic (exact) mass is 492 g/mol. The second kappa shape index (κ2) is 10.6. The molecule has 2 saturated heterocycles. The second-order valence-electron chi connectivity index (χ2n) is 9.38. The number of nitrogens with zero attached hydrogens (tertiary/aromatic N) is 2. The molecule has 36 heavy (non-hydrogen) atoms. The highest BCUT2D eigenvalue weighted by molar-refractivity contribution is 6.46. The largest absolute Gasteiger partial charge is 0.507 e. The van der Waals surface area contributed by atoms with Gasteiger partial charge in [0.25, 0.3) is 11.7 Å². The summed E-state index contributed by atoms with van der Waals surface area (Å²) in [5.74, 6) is 0.222. The third kappa shape index (κ3) is 4.78. The van der Waals surface area contributed by atoms with E-state index in [-0.39, 0.29) is 18.1 Å². The zero-order chi connectivity index (χ0) is 25.1. The van der Waals surface area contributed by atoms with Crippen molar-refractivity contribution >= 4 is 17.4 Å². The lowest BCUT2D eigenvalue weighted by Gasteiger charge is -2.31. The first kappa shape index (κ1) is 24.2. The van der Waals surface area contributed by atoms with E-state index >= 15 is 0 Å². The minimum atomic E-state index is -0.717. The summed E-state index contributed by atoms with van der Waals surface area (Å²) in [6, 6.07) is 11.7. The number of carbonyl (C=O) groups excluding carboxylic acids is 2. The Kier molecular flexibility index (Phi) is 7.13. The van der Waals surface area contributed by atoms with Crippen LogP contribution in [-0.2, 0) is 9.59 Å². The number of amides is 1. The fourth-order valence-electron chi connectivity index (χ4n) is 5.08. The van der Waals surface area contributed by atoms with Crippen LogP contribution in [0.3, 0.4) is 0 Å². The van der Waals surface area contributed by atoms with Crippen molar-refractivity contribution in [2.45, 2.75) is 38.6 Å². The van der Waals surface area contributed by atoms with Gasteiger partial charge in [-0.1, -0.05) is 25.5 Å². The van der Waals surface area contributed by atoms with E-state index in [1.54, 1.807) is 23.1 Å². The van der Waals surface area contributed by atoms with Gasteiger partial charge in [-0.25, -0.2) is 0 Å². The Hall–Kier alpha value is -3.52. The van der Waals surface area contributed by atoms with Crippen LogP contribution < -0.4 is 14.2 Å². The van der Waals surface area contributed by atoms with Crippen molar-refractivity contribution < 1.29 is 28.9 Å². The van der Waals surface area contributed by atoms with Crippen LogP contribution in [0.25, 0.3) is 5.76 Å². The molecule has 5 rings (SSSR count). The lowest BCUT2D eigenvalue weighted by atomic mass is 9.95. The summed E-state index contributed by atoms with van der Waals surface area (Å²) in [5, 5.41) is 11.4. The number of ketones is 1. The number of hydrogen-bond acceptors (Lipinski definition) is 7. The Morgan fingerprint density at radius 2 is 1.83 bits per heavy atom. The van der Waals surface area contributed by atoms with Gasteiger partial charge in [0.15, 0.2) is 11.5 Å². The summed E-state index contributed by atoms with van der Waals surface area (Å²) in [6.07, 6.45) is 4.37. The third-order valence-corrected chi connectivity index (χ3v) is 6.94. The maximum atomic E-state index is 13.3. The molecule has 0 aliphatic carbocycles. The van der Waals surface area contributed by atoms with Crippen molar-refractivity contribution in [2.75, 3.05) is 39.6 Å². The molecule has 1 amide bonds. The molecule has 190 valence electrons. The molecule has 1 atom stereocenters. The molecule has 3 heterocycles. The van der Waals surface area contributed by atoms with Gasteiger partial charge in [0.2, 0.25) is 6.79 Å². The maximum absolute atomic E-state index is 13.3. The highest BCUT2D eigenvalue weighted by Crippen LogP contribution is 2.42. The average molecular weight is 493 g/mol. The number of rotatable bonds is 8. The molecule has 0 aromatic heterocycles. The molecule has 2 aromatic carbocycles. The Bertz CT molecular complexity index is 1170. The van der Waals surface area contributed by atoms with Crippen LogP contribution in [0.1, 0.15) is 49.8 Å². The molecule has 1 N–H and O–H groups in total. The maximum Gasteiger partial charge on any atom is 0.295 e. The van der Waals surface area contributed by atoms with E-state index in [1.807, 2.05) is 31.2 Å². The summed E-state index contributed by atoms with van der Waals surface area (Å²) in [5.41, 5.74) is 1.20. The van der Waals surface area contributed by atoms with Crippen LogP contribution in [0.15, 0.2) is 48.0 Å². The number of piperidine rings is 1. The van der Waals surface area contributed by atoms with Crippen molar-refractivity contribution in [1.29, 1.82) is 0 Å². The number of Topliss-reactive ketones (excluding diaryl/α,β-unsaturated/α-hetero) is 1. The van der Waals surface area contributed by atoms with Crippen LogP contribution in [-0.4, -0.2) is 66.2 Å². The molecule has 8 nitrogen and oxygen atoms in total. The minimum absolute atomic E-state index is 0.0742. The highest BCUT2D eigenvalue weighted by Gasteiger charge is 2.46. The van der Waals surface area contributed by atoms with Crippen LogP contribution in [0.4, 0.5) is 0 Å². The lowest BCUT2D eigenvalue weighted by molar-refractivity contribution is -0.140. The molecule has 3 aliphatic rings. The van der Waals surface area contributed by atoms with E-state index in [0.717, 1.165) is 37.9 Å². The van der Waals surface area contributed by atoms with Crippen LogP contribution in [0, 0.1) is 0 Å². The van der Waals surface area contributed by atoms with Crippen molar-refractivity contribution in [3.63, 3.8) is 0 Å². The van der Waals surface area contributed by atoms with E-state index in [1.165, 1.54) is 6.42 Å². The number of aliphatic hydroxyl groups excluding tert-OH is 1. The fraction of sp³-hybridized carbons (Fsp3) is 0.429. The second-order valence-corrected chi connectivity index (χ2v) is 9.38. The standard InChI is InChI=1S/C28H32N2O6/c1-2-15-34-21-8-6-7-19(16-21)25-24(26(31)20-9-10-22-23(17-20)36-18-35-22)27(32)28(33)30(25)14-13-29-11-4-3-5-12-29/h6-10,16-17,25,31H,2-5,11-15,18H2,1H3/b26-24+. The summed E-state index contributed by atoms with van der Waals surface area (Å²) in [7, 11) is 0. The number of likely N-dealkylation sites (tertiary alicyclic amines) is 2. The summed E-state index contributed by atoms with van der Waals surface area (Å²) >= 11 is 0. The lowest BCUT2D eigenvalue weighted by Crippen LogP contribution is -2.40. The number of fused-ring (bicyclic) bond motifs is 1. The highest BCUT2D eigenvalue weighted by atomic mass is 16.7. The number of hydrogen-bond donors (Lipinski definition) is 1. The summed E-state index contributed by atoms with van der Waals surface area (Å²) in [4.78, 5) is 30.6. The molecular formula is C28H32N2O6. The van der Waals surface area contributed by atoms with Gasteiger partial charge < -0.3 is 29.1 Å². The molecule has 3 aliphatic heterocycles. The van der Waals surface area contributed by atoms with E-state index < -0.39 is 17.7 Å². The Labute approximate surface area is 211 Å². The Morgan fingerprint density at radius 3 is 2.64 bits per heavy atom. The normalized spacial score (nSPS) is 21.2. The number of ether oxygens (including phenoxy) is 3. The predicted molar refractivity (Wildman–Crippen MR) is 134 cm³/mol.